The summed E-state index contributed by atoms with van der Waals surface area (Å²) in [7, 11) is 0. The molecule has 0 atom stereocenters. The summed E-state index contributed by atoms with van der Waals surface area (Å²) in [6, 6.07) is 11.5. The first-order valence-corrected chi connectivity index (χ1v) is 13.2. The molecule has 3 aliphatic heterocycles. The van der Waals surface area contributed by atoms with Crippen LogP contribution in [0.15, 0.2) is 36.4 Å². The molecule has 2 fully saturated rings. The first-order valence-electron chi connectivity index (χ1n) is 13.2. The molecule has 5 rings (SSSR count). The van der Waals surface area contributed by atoms with Gasteiger partial charge in [-0.05, 0) is 76.2 Å². The maximum Gasteiger partial charge on any atom is 0.490 e. The number of ether oxygens (including phenoxy) is 2. The number of nitrogens with zero attached hydrogens (tertiary/aromatic N) is 3. The first kappa shape index (κ1) is 29.4. The zero-order valence-electron chi connectivity index (χ0n) is 22.7. The van der Waals surface area contributed by atoms with Crippen LogP contribution in [0, 0.1) is 5.41 Å². The number of aromatic nitrogens is 1. The Bertz CT molecular complexity index is 1220. The number of pyridine rings is 1. The Morgan fingerprint density at radius 1 is 1.02 bits per heavy atom. The number of rotatable bonds is 3. The lowest BCUT2D eigenvalue weighted by Gasteiger charge is -2.47. The molecule has 40 heavy (non-hydrogen) atoms. The van der Waals surface area contributed by atoms with E-state index in [4.69, 9.17) is 25.1 Å². The average molecular weight is 565 g/mol. The number of piperidine rings is 2. The first-order chi connectivity index (χ1) is 18.8. The number of para-hydroxylation sites is 1. The van der Waals surface area contributed by atoms with Crippen molar-refractivity contribution in [3.05, 3.63) is 47.7 Å². The van der Waals surface area contributed by atoms with Gasteiger partial charge in [0.2, 0.25) is 0 Å². The summed E-state index contributed by atoms with van der Waals surface area (Å²) in [6.45, 7) is 9.31. The molecule has 2 saturated heterocycles. The quantitative estimate of drug-likeness (QED) is 0.565. The van der Waals surface area contributed by atoms with Crippen LogP contribution in [-0.4, -0.2) is 76.3 Å². The van der Waals surface area contributed by atoms with E-state index in [2.05, 4.69) is 35.9 Å². The van der Waals surface area contributed by atoms with Gasteiger partial charge >= 0.3 is 12.1 Å². The number of carbonyl (C=O) groups excluding carboxylic acids is 1. The van der Waals surface area contributed by atoms with Gasteiger partial charge in [-0.15, -0.1) is 0 Å². The Labute approximate surface area is 231 Å². The van der Waals surface area contributed by atoms with Crippen molar-refractivity contribution in [2.24, 2.45) is 5.41 Å². The largest absolute Gasteiger partial charge is 0.490 e. The number of alkyl halides is 3. The molecule has 3 N–H and O–H groups in total. The molecular formula is C28H35F3N4O5. The summed E-state index contributed by atoms with van der Waals surface area (Å²) in [5.74, 6) is -0.619. The van der Waals surface area contributed by atoms with Gasteiger partial charge in [-0.25, -0.2) is 9.78 Å². The molecule has 4 heterocycles. The molecule has 0 radical (unpaired) electrons. The third-order valence-corrected chi connectivity index (χ3v) is 7.67. The van der Waals surface area contributed by atoms with E-state index in [-0.39, 0.29) is 11.5 Å². The molecule has 1 aromatic heterocycles. The van der Waals surface area contributed by atoms with Gasteiger partial charge in [-0.1, -0.05) is 18.2 Å². The topological polar surface area (TPSA) is 118 Å². The van der Waals surface area contributed by atoms with Crippen LogP contribution in [0.3, 0.4) is 0 Å². The maximum atomic E-state index is 12.8. The van der Waals surface area contributed by atoms with Crippen LogP contribution in [0.4, 0.5) is 19.0 Å². The molecule has 0 unspecified atom stereocenters. The SMILES string of the molecule is CC1(C)COc2cccc(CN3CCC4(CC3)CCN(C(=O)c3cccc(N)n3)CC4)c2O1.O=C(O)C(F)(F)F. The minimum Gasteiger partial charge on any atom is -0.486 e. The molecule has 1 amide bonds. The Morgan fingerprint density at radius 2 is 1.62 bits per heavy atom. The highest BCUT2D eigenvalue weighted by Gasteiger charge is 2.40. The lowest BCUT2D eigenvalue weighted by Crippen LogP contribution is -2.48. The Morgan fingerprint density at radius 3 is 2.23 bits per heavy atom. The zero-order valence-corrected chi connectivity index (χ0v) is 22.7. The minimum absolute atomic E-state index is 0.00594. The fourth-order valence-corrected chi connectivity index (χ4v) is 5.32. The normalized spacial score (nSPS) is 19.9. The average Bonchev–Trinajstić information content (AvgIpc) is 2.90. The number of hydrogen-bond donors (Lipinski definition) is 2. The third kappa shape index (κ3) is 7.15. The molecule has 12 heteroatoms. The van der Waals surface area contributed by atoms with Crippen LogP contribution >= 0.6 is 0 Å². The van der Waals surface area contributed by atoms with E-state index in [0.29, 0.717) is 23.5 Å². The number of halogens is 3. The monoisotopic (exact) mass is 564 g/mol. The standard InChI is InChI=1S/C26H34N4O3.C2HF3O2/c1-25(2)18-32-21-7-3-5-19(23(21)33-25)17-29-13-9-26(10-14-29)11-15-30(16-12-26)24(31)20-6-4-8-22(27)28-20;3-2(4,5)1(6)7/h3-8H,9-18H2,1-2H3,(H2,27,28);(H,6,7). The predicted molar refractivity (Wildman–Crippen MR) is 141 cm³/mol. The highest BCUT2D eigenvalue weighted by Crippen LogP contribution is 2.43. The van der Waals surface area contributed by atoms with Gasteiger partial charge in [0.15, 0.2) is 11.5 Å². The second kappa shape index (κ2) is 11.5. The number of likely N-dealkylation sites (tertiary alicyclic amines) is 2. The van der Waals surface area contributed by atoms with Crippen LogP contribution in [0.5, 0.6) is 11.5 Å². The van der Waals surface area contributed by atoms with E-state index in [1.807, 2.05) is 11.0 Å². The summed E-state index contributed by atoms with van der Waals surface area (Å²) in [5, 5.41) is 7.12. The molecular weight excluding hydrogens is 529 g/mol. The van der Waals surface area contributed by atoms with Crippen molar-refractivity contribution in [2.45, 2.75) is 57.9 Å². The summed E-state index contributed by atoms with van der Waals surface area (Å²) in [5.41, 5.74) is 7.44. The minimum atomic E-state index is -5.08. The summed E-state index contributed by atoms with van der Waals surface area (Å²) in [4.78, 5) is 30.4. The molecule has 0 bridgehead atoms. The highest BCUT2D eigenvalue weighted by atomic mass is 19.4. The molecule has 1 aromatic carbocycles. The number of amides is 1. The van der Waals surface area contributed by atoms with Gasteiger partial charge < -0.3 is 25.2 Å². The number of nitrogen functional groups attached to an aromatic ring is 1. The Balaban J connectivity index is 0.000000470. The lowest BCUT2D eigenvalue weighted by molar-refractivity contribution is -0.192. The predicted octanol–water partition coefficient (Wildman–Crippen LogP) is 4.37. The fourth-order valence-electron chi connectivity index (χ4n) is 5.32. The summed E-state index contributed by atoms with van der Waals surface area (Å²) in [6.07, 6.45) is -0.631. The number of anilines is 1. The summed E-state index contributed by atoms with van der Waals surface area (Å²) < 4.78 is 44.0. The number of fused-ring (bicyclic) bond motifs is 1. The van der Waals surface area contributed by atoms with E-state index in [0.717, 1.165) is 57.1 Å². The number of nitrogens with two attached hydrogens (primary N) is 1. The lowest BCUT2D eigenvalue weighted by atomic mass is 9.71. The van der Waals surface area contributed by atoms with Gasteiger partial charge in [0.25, 0.3) is 5.91 Å². The summed E-state index contributed by atoms with van der Waals surface area (Å²) >= 11 is 0. The van der Waals surface area contributed by atoms with Crippen molar-refractivity contribution in [2.75, 3.05) is 38.5 Å². The van der Waals surface area contributed by atoms with Gasteiger partial charge in [0.1, 0.15) is 23.7 Å². The molecule has 0 saturated carbocycles. The van der Waals surface area contributed by atoms with Gasteiger partial charge in [0, 0.05) is 25.2 Å². The molecule has 2 aromatic rings. The number of carboxylic acid groups (broad SMARTS) is 1. The van der Waals surface area contributed by atoms with Crippen molar-refractivity contribution >= 4 is 17.7 Å². The Hall–Kier alpha value is -3.54. The molecule has 3 aliphatic rings. The maximum absolute atomic E-state index is 12.8. The fraction of sp³-hybridized carbons (Fsp3) is 0.536. The third-order valence-electron chi connectivity index (χ3n) is 7.67. The zero-order chi connectivity index (χ0) is 29.1. The van der Waals surface area contributed by atoms with E-state index in [1.54, 1.807) is 18.2 Å². The Kier molecular flexibility index (Phi) is 8.48. The molecule has 0 aliphatic carbocycles. The van der Waals surface area contributed by atoms with E-state index >= 15 is 0 Å². The van der Waals surface area contributed by atoms with Crippen molar-refractivity contribution < 1.29 is 37.3 Å². The highest BCUT2D eigenvalue weighted by molar-refractivity contribution is 5.92. The van der Waals surface area contributed by atoms with Crippen LogP contribution in [0.25, 0.3) is 0 Å². The number of carbonyl (C=O) groups is 2. The molecule has 1 spiro atoms. The smallest absolute Gasteiger partial charge is 0.486 e. The second-order valence-electron chi connectivity index (χ2n) is 11.2. The van der Waals surface area contributed by atoms with Gasteiger partial charge in [-0.2, -0.15) is 13.2 Å². The van der Waals surface area contributed by atoms with E-state index in [1.165, 1.54) is 18.4 Å². The molecule has 218 valence electrons. The van der Waals surface area contributed by atoms with Crippen LogP contribution in [0.1, 0.15) is 55.6 Å². The van der Waals surface area contributed by atoms with Crippen molar-refractivity contribution in [1.29, 1.82) is 0 Å². The van der Waals surface area contributed by atoms with E-state index < -0.39 is 12.1 Å². The van der Waals surface area contributed by atoms with Gasteiger partial charge in [-0.3, -0.25) is 9.69 Å². The van der Waals surface area contributed by atoms with Crippen LogP contribution in [0.2, 0.25) is 0 Å². The van der Waals surface area contributed by atoms with Gasteiger partial charge in [0.05, 0.1) is 0 Å². The van der Waals surface area contributed by atoms with Crippen LogP contribution in [-0.2, 0) is 11.3 Å². The second-order valence-corrected chi connectivity index (χ2v) is 11.2. The van der Waals surface area contributed by atoms with Crippen molar-refractivity contribution in [3.63, 3.8) is 0 Å². The number of carboxylic acids is 1. The van der Waals surface area contributed by atoms with E-state index in [9.17, 15) is 18.0 Å². The molecule has 9 nitrogen and oxygen atoms in total. The van der Waals surface area contributed by atoms with Crippen LogP contribution < -0.4 is 15.2 Å². The number of benzene rings is 1. The number of aliphatic carboxylic acids is 1. The number of hydrogen-bond acceptors (Lipinski definition) is 7. The van der Waals surface area contributed by atoms with Crippen molar-refractivity contribution in [3.8, 4) is 11.5 Å². The van der Waals surface area contributed by atoms with Crippen molar-refractivity contribution in [1.82, 2.24) is 14.8 Å².